The first-order valence-electron chi connectivity index (χ1n) is 7.56. The van der Waals surface area contributed by atoms with Crippen LogP contribution in [-0.2, 0) is 6.42 Å². The molecule has 0 aliphatic rings. The van der Waals surface area contributed by atoms with Crippen LogP contribution in [0, 0.1) is 20.8 Å². The van der Waals surface area contributed by atoms with Crippen molar-refractivity contribution < 1.29 is 0 Å². The molecule has 0 heterocycles. The third kappa shape index (κ3) is 4.18. The first-order valence-corrected chi connectivity index (χ1v) is 8.36. The zero-order valence-corrected chi connectivity index (χ0v) is 14.9. The largest absolute Gasteiger partial charge is 0.310 e. The van der Waals surface area contributed by atoms with Gasteiger partial charge in [-0.25, -0.2) is 0 Å². The lowest BCUT2D eigenvalue weighted by Crippen LogP contribution is -2.23. The Morgan fingerprint density at radius 3 is 2.29 bits per heavy atom. The zero-order valence-electron chi connectivity index (χ0n) is 13.3. The summed E-state index contributed by atoms with van der Waals surface area (Å²) >= 11 is 3.66. The quantitative estimate of drug-likeness (QED) is 0.778. The van der Waals surface area contributed by atoms with Crippen LogP contribution in [0.5, 0.6) is 0 Å². The van der Waals surface area contributed by atoms with E-state index < -0.39 is 0 Å². The molecule has 1 N–H and O–H groups in total. The first kappa shape index (κ1) is 16.3. The fourth-order valence-corrected chi connectivity index (χ4v) is 3.04. The van der Waals surface area contributed by atoms with Gasteiger partial charge in [0.25, 0.3) is 0 Å². The number of rotatable bonds is 5. The lowest BCUT2D eigenvalue weighted by Gasteiger charge is -2.20. The third-order valence-electron chi connectivity index (χ3n) is 3.83. The van der Waals surface area contributed by atoms with E-state index in [0.29, 0.717) is 6.04 Å². The Labute approximate surface area is 136 Å². The molecule has 2 rings (SSSR count). The van der Waals surface area contributed by atoms with Crippen molar-refractivity contribution in [2.45, 2.75) is 40.2 Å². The number of likely N-dealkylation sites (N-methyl/N-ethyl adjacent to an activating group) is 1. The average Bonchev–Trinajstić information content (AvgIpc) is 2.44. The molecule has 0 radical (unpaired) electrons. The molecule has 0 bridgehead atoms. The van der Waals surface area contributed by atoms with Crippen LogP contribution in [0.3, 0.4) is 0 Å². The van der Waals surface area contributed by atoms with Crippen molar-refractivity contribution >= 4 is 15.9 Å². The molecule has 0 fully saturated rings. The molecule has 21 heavy (non-hydrogen) atoms. The van der Waals surface area contributed by atoms with Gasteiger partial charge in [0, 0.05) is 10.5 Å². The molecule has 0 aromatic heterocycles. The van der Waals surface area contributed by atoms with Crippen molar-refractivity contribution in [3.63, 3.8) is 0 Å². The SMILES string of the molecule is CCNC(Cc1cccc(C)c1)c1cc(C)c(Br)c(C)c1. The van der Waals surface area contributed by atoms with Gasteiger partial charge in [-0.1, -0.05) is 64.8 Å². The Morgan fingerprint density at radius 2 is 1.71 bits per heavy atom. The Kier molecular flexibility index (Phi) is 5.60. The number of hydrogen-bond acceptors (Lipinski definition) is 1. The molecule has 0 saturated heterocycles. The molecule has 2 heteroatoms. The Hall–Kier alpha value is -1.12. The molecule has 2 aromatic rings. The Morgan fingerprint density at radius 1 is 1.05 bits per heavy atom. The second-order valence-corrected chi connectivity index (χ2v) is 6.57. The van der Waals surface area contributed by atoms with Crippen LogP contribution in [-0.4, -0.2) is 6.54 Å². The highest BCUT2D eigenvalue weighted by atomic mass is 79.9. The van der Waals surface area contributed by atoms with Gasteiger partial charge >= 0.3 is 0 Å². The van der Waals surface area contributed by atoms with Crippen LogP contribution in [0.15, 0.2) is 40.9 Å². The monoisotopic (exact) mass is 345 g/mol. The van der Waals surface area contributed by atoms with Gasteiger partial charge in [-0.15, -0.1) is 0 Å². The van der Waals surface area contributed by atoms with Crippen LogP contribution in [0.2, 0.25) is 0 Å². The first-order chi connectivity index (χ1) is 10.0. The van der Waals surface area contributed by atoms with Crippen LogP contribution in [0.4, 0.5) is 0 Å². The summed E-state index contributed by atoms with van der Waals surface area (Å²) < 4.78 is 1.22. The Balaban J connectivity index is 2.30. The molecule has 1 unspecified atom stereocenters. The van der Waals surface area contributed by atoms with Gasteiger partial charge in [-0.05, 0) is 56.0 Å². The van der Waals surface area contributed by atoms with Crippen molar-refractivity contribution in [2.75, 3.05) is 6.54 Å². The van der Waals surface area contributed by atoms with E-state index in [2.05, 4.69) is 85.3 Å². The number of nitrogens with one attached hydrogen (secondary N) is 1. The number of aryl methyl sites for hydroxylation is 3. The van der Waals surface area contributed by atoms with E-state index in [4.69, 9.17) is 0 Å². The summed E-state index contributed by atoms with van der Waals surface area (Å²) in [6.07, 6.45) is 1.02. The van der Waals surface area contributed by atoms with E-state index in [1.807, 2.05) is 0 Å². The van der Waals surface area contributed by atoms with E-state index in [9.17, 15) is 0 Å². The average molecular weight is 346 g/mol. The molecule has 0 aliphatic carbocycles. The molecular weight excluding hydrogens is 322 g/mol. The molecule has 1 atom stereocenters. The maximum Gasteiger partial charge on any atom is 0.0360 e. The van der Waals surface area contributed by atoms with Gasteiger partial charge in [-0.3, -0.25) is 0 Å². The minimum absolute atomic E-state index is 0.363. The molecule has 0 aliphatic heterocycles. The van der Waals surface area contributed by atoms with Crippen molar-refractivity contribution in [2.24, 2.45) is 0 Å². The molecule has 1 nitrogen and oxygen atoms in total. The summed E-state index contributed by atoms with van der Waals surface area (Å²) in [5, 5.41) is 3.63. The van der Waals surface area contributed by atoms with Crippen molar-refractivity contribution in [3.05, 3.63) is 68.7 Å². The molecule has 2 aromatic carbocycles. The van der Waals surface area contributed by atoms with Crippen molar-refractivity contribution in [3.8, 4) is 0 Å². The van der Waals surface area contributed by atoms with E-state index >= 15 is 0 Å². The van der Waals surface area contributed by atoms with Gasteiger partial charge in [0.2, 0.25) is 0 Å². The van der Waals surface area contributed by atoms with E-state index in [0.717, 1.165) is 13.0 Å². The summed E-state index contributed by atoms with van der Waals surface area (Å²) in [4.78, 5) is 0. The normalized spacial score (nSPS) is 12.4. The fraction of sp³-hybridized carbons (Fsp3) is 0.368. The number of benzene rings is 2. The van der Waals surface area contributed by atoms with Crippen molar-refractivity contribution in [1.29, 1.82) is 0 Å². The fourth-order valence-electron chi connectivity index (χ4n) is 2.81. The third-order valence-corrected chi connectivity index (χ3v) is 5.08. The lowest BCUT2D eigenvalue weighted by molar-refractivity contribution is 0.549. The molecule has 0 amide bonds. The summed E-state index contributed by atoms with van der Waals surface area (Å²) in [6, 6.07) is 13.7. The van der Waals surface area contributed by atoms with E-state index in [-0.39, 0.29) is 0 Å². The van der Waals surface area contributed by atoms with Crippen LogP contribution < -0.4 is 5.32 Å². The summed E-state index contributed by atoms with van der Waals surface area (Å²) in [6.45, 7) is 9.62. The van der Waals surface area contributed by atoms with Gasteiger partial charge < -0.3 is 5.32 Å². The van der Waals surface area contributed by atoms with Gasteiger partial charge in [-0.2, -0.15) is 0 Å². The highest BCUT2D eigenvalue weighted by molar-refractivity contribution is 9.10. The van der Waals surface area contributed by atoms with Crippen molar-refractivity contribution in [1.82, 2.24) is 5.32 Å². The maximum absolute atomic E-state index is 3.66. The predicted octanol–water partition coefficient (Wildman–Crippen LogP) is 5.27. The number of halogens is 1. The zero-order chi connectivity index (χ0) is 15.4. The molecule has 112 valence electrons. The Bertz CT molecular complexity index is 596. The second-order valence-electron chi connectivity index (χ2n) is 5.77. The van der Waals surface area contributed by atoms with Gasteiger partial charge in [0.05, 0.1) is 0 Å². The molecule has 0 spiro atoms. The van der Waals surface area contributed by atoms with Gasteiger partial charge in [0.15, 0.2) is 0 Å². The maximum atomic E-state index is 3.66. The van der Waals surface area contributed by atoms with Crippen LogP contribution in [0.1, 0.15) is 40.8 Å². The summed E-state index contributed by atoms with van der Waals surface area (Å²) in [7, 11) is 0. The van der Waals surface area contributed by atoms with Crippen LogP contribution in [0.25, 0.3) is 0 Å². The lowest BCUT2D eigenvalue weighted by atomic mass is 9.95. The minimum atomic E-state index is 0.363. The van der Waals surface area contributed by atoms with Crippen LogP contribution >= 0.6 is 15.9 Å². The van der Waals surface area contributed by atoms with E-state index in [1.54, 1.807) is 0 Å². The minimum Gasteiger partial charge on any atom is -0.310 e. The van der Waals surface area contributed by atoms with E-state index in [1.165, 1.54) is 32.3 Å². The molecular formula is C19H24BrN. The number of hydrogen-bond donors (Lipinski definition) is 1. The topological polar surface area (TPSA) is 12.0 Å². The standard InChI is InChI=1S/C19H24BrN/c1-5-21-18(12-16-8-6-7-13(2)9-16)17-10-14(3)19(20)15(4)11-17/h6-11,18,21H,5,12H2,1-4H3. The highest BCUT2D eigenvalue weighted by Crippen LogP contribution is 2.27. The molecule has 0 saturated carbocycles. The summed E-state index contributed by atoms with van der Waals surface area (Å²) in [5.41, 5.74) is 6.69. The second kappa shape index (κ2) is 7.24. The highest BCUT2D eigenvalue weighted by Gasteiger charge is 2.13. The van der Waals surface area contributed by atoms with Gasteiger partial charge in [0.1, 0.15) is 0 Å². The summed E-state index contributed by atoms with van der Waals surface area (Å²) in [5.74, 6) is 0. The smallest absolute Gasteiger partial charge is 0.0360 e. The predicted molar refractivity (Wildman–Crippen MR) is 94.9 cm³/mol.